The van der Waals surface area contributed by atoms with E-state index in [0.717, 1.165) is 24.4 Å². The number of hydrogen-bond donors (Lipinski definition) is 3. The lowest BCUT2D eigenvalue weighted by Crippen LogP contribution is -2.40. The van der Waals surface area contributed by atoms with Gasteiger partial charge in [-0.3, -0.25) is 14.4 Å². The van der Waals surface area contributed by atoms with E-state index in [1.165, 1.54) is 0 Å². The van der Waals surface area contributed by atoms with Crippen molar-refractivity contribution in [1.29, 1.82) is 0 Å². The highest BCUT2D eigenvalue weighted by Crippen LogP contribution is 2.13. The SMILES string of the molecule is O=C(O)CN(CC(=O)O)C(=O)CC1CCNC1. The highest BCUT2D eigenvalue weighted by atomic mass is 16.4. The van der Waals surface area contributed by atoms with Gasteiger partial charge in [0.25, 0.3) is 0 Å². The van der Waals surface area contributed by atoms with Gasteiger partial charge in [-0.1, -0.05) is 0 Å². The molecule has 1 unspecified atom stereocenters. The summed E-state index contributed by atoms with van der Waals surface area (Å²) in [6.45, 7) is 0.437. The number of amides is 1. The van der Waals surface area contributed by atoms with Crippen LogP contribution >= 0.6 is 0 Å². The lowest BCUT2D eigenvalue weighted by Gasteiger charge is -2.20. The molecule has 3 N–H and O–H groups in total. The molecule has 1 fully saturated rings. The van der Waals surface area contributed by atoms with E-state index in [1.54, 1.807) is 0 Å². The highest BCUT2D eigenvalue weighted by Gasteiger charge is 2.24. The molecule has 17 heavy (non-hydrogen) atoms. The van der Waals surface area contributed by atoms with Gasteiger partial charge in [-0.25, -0.2) is 0 Å². The molecular formula is C10H16N2O5. The average molecular weight is 244 g/mol. The standard InChI is InChI=1S/C10H16N2O5/c13-8(3-7-1-2-11-4-7)12(5-9(14)15)6-10(16)17/h7,11H,1-6H2,(H,14,15)(H,16,17). The van der Waals surface area contributed by atoms with Crippen LogP contribution in [0, 0.1) is 5.92 Å². The highest BCUT2D eigenvalue weighted by molar-refractivity contribution is 5.85. The molecule has 96 valence electrons. The van der Waals surface area contributed by atoms with Crippen LogP contribution in [0.4, 0.5) is 0 Å². The molecule has 1 aliphatic rings. The normalized spacial score (nSPS) is 18.9. The van der Waals surface area contributed by atoms with Crippen LogP contribution in [0.5, 0.6) is 0 Å². The van der Waals surface area contributed by atoms with E-state index in [2.05, 4.69) is 5.32 Å². The summed E-state index contributed by atoms with van der Waals surface area (Å²) in [6.07, 6.45) is 1.06. The zero-order valence-electron chi connectivity index (χ0n) is 9.39. The first-order valence-corrected chi connectivity index (χ1v) is 5.41. The molecule has 0 aromatic rings. The monoisotopic (exact) mass is 244 g/mol. The van der Waals surface area contributed by atoms with Crippen molar-refractivity contribution in [3.8, 4) is 0 Å². The molecule has 1 rings (SSSR count). The van der Waals surface area contributed by atoms with Crippen molar-refractivity contribution < 1.29 is 24.6 Å². The molecule has 1 aliphatic heterocycles. The van der Waals surface area contributed by atoms with Gasteiger partial charge >= 0.3 is 11.9 Å². The van der Waals surface area contributed by atoms with E-state index in [4.69, 9.17) is 10.2 Å². The maximum atomic E-state index is 11.7. The Morgan fingerprint density at radius 2 is 1.76 bits per heavy atom. The number of nitrogens with one attached hydrogen (secondary N) is 1. The molecule has 1 atom stereocenters. The van der Waals surface area contributed by atoms with E-state index in [-0.39, 0.29) is 12.3 Å². The molecule has 0 bridgehead atoms. The number of carboxylic acid groups (broad SMARTS) is 2. The second-order valence-electron chi connectivity index (χ2n) is 4.10. The first kappa shape index (κ1) is 13.4. The molecule has 7 heteroatoms. The second-order valence-corrected chi connectivity index (χ2v) is 4.10. The third-order valence-electron chi connectivity index (χ3n) is 2.63. The molecule has 0 aliphatic carbocycles. The number of carbonyl (C=O) groups excluding carboxylic acids is 1. The first-order chi connectivity index (χ1) is 7.99. The molecular weight excluding hydrogens is 228 g/mol. The van der Waals surface area contributed by atoms with Crippen LogP contribution < -0.4 is 5.32 Å². The van der Waals surface area contributed by atoms with E-state index in [1.807, 2.05) is 0 Å². The van der Waals surface area contributed by atoms with Crippen molar-refractivity contribution in [3.05, 3.63) is 0 Å². The number of rotatable bonds is 6. The number of aliphatic carboxylic acids is 2. The summed E-state index contributed by atoms with van der Waals surface area (Å²) < 4.78 is 0. The summed E-state index contributed by atoms with van der Waals surface area (Å²) in [5.41, 5.74) is 0. The van der Waals surface area contributed by atoms with Gasteiger partial charge in [0.1, 0.15) is 13.1 Å². The Balaban J connectivity index is 2.51. The third kappa shape index (κ3) is 4.81. The third-order valence-corrected chi connectivity index (χ3v) is 2.63. The van der Waals surface area contributed by atoms with Gasteiger partial charge in [0.15, 0.2) is 0 Å². The summed E-state index contributed by atoms with van der Waals surface area (Å²) in [4.78, 5) is 33.7. The van der Waals surface area contributed by atoms with Crippen LogP contribution in [0.15, 0.2) is 0 Å². The quantitative estimate of drug-likeness (QED) is 0.552. The average Bonchev–Trinajstić information content (AvgIpc) is 2.67. The predicted molar refractivity (Wildman–Crippen MR) is 57.4 cm³/mol. The van der Waals surface area contributed by atoms with Crippen molar-refractivity contribution in [2.45, 2.75) is 12.8 Å². The Morgan fingerprint density at radius 1 is 1.18 bits per heavy atom. The summed E-state index contributed by atoms with van der Waals surface area (Å²) in [5.74, 6) is -2.65. The fourth-order valence-electron chi connectivity index (χ4n) is 1.82. The van der Waals surface area contributed by atoms with Gasteiger partial charge in [-0.15, -0.1) is 0 Å². The van der Waals surface area contributed by atoms with E-state index < -0.39 is 30.9 Å². The lowest BCUT2D eigenvalue weighted by molar-refractivity contribution is -0.149. The molecule has 0 spiro atoms. The fourth-order valence-corrected chi connectivity index (χ4v) is 1.82. The van der Waals surface area contributed by atoms with E-state index in [0.29, 0.717) is 0 Å². The van der Waals surface area contributed by atoms with Gasteiger partial charge in [-0.2, -0.15) is 0 Å². The Labute approximate surface area is 98.4 Å². The minimum absolute atomic E-state index is 0.174. The van der Waals surface area contributed by atoms with Gasteiger partial charge in [0, 0.05) is 6.42 Å². The Morgan fingerprint density at radius 3 is 2.18 bits per heavy atom. The van der Waals surface area contributed by atoms with Crippen LogP contribution in [0.3, 0.4) is 0 Å². The topological polar surface area (TPSA) is 107 Å². The lowest BCUT2D eigenvalue weighted by atomic mass is 10.0. The minimum atomic E-state index is -1.20. The van der Waals surface area contributed by atoms with Crippen LogP contribution in [-0.2, 0) is 14.4 Å². The van der Waals surface area contributed by atoms with E-state index >= 15 is 0 Å². The minimum Gasteiger partial charge on any atom is -0.480 e. The number of hydrogen-bond acceptors (Lipinski definition) is 4. The molecule has 1 saturated heterocycles. The zero-order valence-corrected chi connectivity index (χ0v) is 9.39. The van der Waals surface area contributed by atoms with Crippen LogP contribution in [0.25, 0.3) is 0 Å². The van der Waals surface area contributed by atoms with Crippen LogP contribution in [-0.4, -0.2) is 59.1 Å². The summed E-state index contributed by atoms with van der Waals surface area (Å²) in [6, 6.07) is 0. The predicted octanol–water partition coefficient (Wildman–Crippen LogP) is -1.02. The fraction of sp³-hybridized carbons (Fsp3) is 0.700. The van der Waals surface area contributed by atoms with Gasteiger partial charge in [-0.05, 0) is 25.4 Å². The van der Waals surface area contributed by atoms with Crippen LogP contribution in [0.2, 0.25) is 0 Å². The Kier molecular flexibility index (Phi) is 4.89. The van der Waals surface area contributed by atoms with Crippen molar-refractivity contribution in [1.82, 2.24) is 10.2 Å². The summed E-state index contributed by atoms with van der Waals surface area (Å²) in [7, 11) is 0. The number of carboxylic acids is 2. The Bertz CT molecular complexity index is 296. The van der Waals surface area contributed by atoms with Gasteiger partial charge in [0.05, 0.1) is 0 Å². The first-order valence-electron chi connectivity index (χ1n) is 5.41. The number of carbonyl (C=O) groups is 3. The van der Waals surface area contributed by atoms with Gasteiger partial charge < -0.3 is 20.4 Å². The smallest absolute Gasteiger partial charge is 0.323 e. The molecule has 7 nitrogen and oxygen atoms in total. The zero-order chi connectivity index (χ0) is 12.8. The molecule has 0 saturated carbocycles. The second kappa shape index (κ2) is 6.19. The number of nitrogens with zero attached hydrogens (tertiary/aromatic N) is 1. The molecule has 0 radical (unpaired) electrons. The maximum absolute atomic E-state index is 11.7. The Hall–Kier alpha value is -1.63. The maximum Gasteiger partial charge on any atom is 0.323 e. The largest absolute Gasteiger partial charge is 0.480 e. The van der Waals surface area contributed by atoms with Crippen LogP contribution in [0.1, 0.15) is 12.8 Å². The van der Waals surface area contributed by atoms with Gasteiger partial charge in [0.2, 0.25) is 5.91 Å². The van der Waals surface area contributed by atoms with Crippen molar-refractivity contribution in [2.24, 2.45) is 5.92 Å². The molecule has 0 aromatic heterocycles. The van der Waals surface area contributed by atoms with Crippen molar-refractivity contribution in [2.75, 3.05) is 26.2 Å². The molecule has 1 heterocycles. The molecule has 1 amide bonds. The van der Waals surface area contributed by atoms with Crippen molar-refractivity contribution >= 4 is 17.8 Å². The van der Waals surface area contributed by atoms with E-state index in [9.17, 15) is 14.4 Å². The summed E-state index contributed by atoms with van der Waals surface area (Å²) in [5, 5.41) is 20.3. The summed E-state index contributed by atoms with van der Waals surface area (Å²) >= 11 is 0. The molecule has 0 aromatic carbocycles. The van der Waals surface area contributed by atoms with Crippen molar-refractivity contribution in [3.63, 3.8) is 0 Å².